The summed E-state index contributed by atoms with van der Waals surface area (Å²) in [5.74, 6) is 1.24. The smallest absolute Gasteiger partial charge is 0.222 e. The third kappa shape index (κ3) is 5.51. The molecule has 170 valence electrons. The van der Waals surface area contributed by atoms with Gasteiger partial charge in [0.05, 0.1) is 23.3 Å². The molecule has 0 radical (unpaired) electrons. The zero-order valence-electron chi connectivity index (χ0n) is 18.6. The van der Waals surface area contributed by atoms with Crippen LogP contribution >= 0.6 is 11.6 Å². The van der Waals surface area contributed by atoms with E-state index in [-0.39, 0.29) is 0 Å². The molecule has 1 fully saturated rings. The largest absolute Gasteiger partial charge is 0.437 e. The van der Waals surface area contributed by atoms with Gasteiger partial charge in [-0.3, -0.25) is 4.90 Å². The van der Waals surface area contributed by atoms with Gasteiger partial charge in [0.2, 0.25) is 5.88 Å². The molecule has 0 amide bonds. The van der Waals surface area contributed by atoms with Gasteiger partial charge in [0.15, 0.2) is 0 Å². The Morgan fingerprint density at radius 2 is 1.88 bits per heavy atom. The van der Waals surface area contributed by atoms with E-state index in [1.54, 1.807) is 4.68 Å². The van der Waals surface area contributed by atoms with Crippen molar-refractivity contribution in [2.75, 3.05) is 19.8 Å². The molecule has 1 aromatic heterocycles. The number of para-hydroxylation sites is 1. The number of aliphatic hydroxyl groups is 1. The van der Waals surface area contributed by atoms with Crippen LogP contribution in [0.1, 0.15) is 25.3 Å². The van der Waals surface area contributed by atoms with Gasteiger partial charge in [-0.2, -0.15) is 5.10 Å². The highest BCUT2D eigenvalue weighted by Gasteiger charge is 2.33. The van der Waals surface area contributed by atoms with Gasteiger partial charge in [0.1, 0.15) is 11.4 Å². The number of rotatable bonds is 11. The van der Waals surface area contributed by atoms with Crippen molar-refractivity contribution in [2.24, 2.45) is 7.05 Å². The van der Waals surface area contributed by atoms with E-state index in [4.69, 9.17) is 26.2 Å². The maximum atomic E-state index is 10.5. The number of benzene rings is 2. The SMILES string of the molecule is CCOC[C@H](O)CN(Cc1c(-c2ccccc2)nn(C)c1Oc1ccccc1Cl)C1CC1. The van der Waals surface area contributed by atoms with Crippen molar-refractivity contribution in [3.05, 3.63) is 65.2 Å². The molecule has 1 heterocycles. The van der Waals surface area contributed by atoms with Gasteiger partial charge < -0.3 is 14.6 Å². The summed E-state index contributed by atoms with van der Waals surface area (Å²) >= 11 is 6.37. The zero-order chi connectivity index (χ0) is 22.5. The van der Waals surface area contributed by atoms with Crippen LogP contribution in [-0.4, -0.2) is 51.7 Å². The summed E-state index contributed by atoms with van der Waals surface area (Å²) in [6.45, 7) is 4.02. The van der Waals surface area contributed by atoms with Crippen LogP contribution in [0.15, 0.2) is 54.6 Å². The number of nitrogens with zero attached hydrogens (tertiary/aromatic N) is 3. The van der Waals surface area contributed by atoms with Crippen molar-refractivity contribution in [1.82, 2.24) is 14.7 Å². The molecule has 0 spiro atoms. The van der Waals surface area contributed by atoms with E-state index in [0.29, 0.717) is 49.0 Å². The average Bonchev–Trinajstić information content (AvgIpc) is 3.60. The van der Waals surface area contributed by atoms with Crippen molar-refractivity contribution in [2.45, 2.75) is 38.5 Å². The number of ether oxygens (including phenoxy) is 2. The molecule has 0 saturated heterocycles. The highest BCUT2D eigenvalue weighted by Crippen LogP contribution is 2.38. The fraction of sp³-hybridized carbons (Fsp3) is 0.400. The van der Waals surface area contributed by atoms with E-state index in [0.717, 1.165) is 29.7 Å². The standard InChI is InChI=1S/C25H30ClN3O3/c1-3-31-17-20(30)15-29(19-13-14-19)16-21-24(18-9-5-4-6-10-18)27-28(2)25(21)32-23-12-8-7-11-22(23)26/h4-12,19-20,30H,3,13-17H2,1-2H3/t20-/m1/s1. The van der Waals surface area contributed by atoms with Crippen molar-refractivity contribution in [3.8, 4) is 22.9 Å². The summed E-state index contributed by atoms with van der Waals surface area (Å²) < 4.78 is 13.5. The van der Waals surface area contributed by atoms with Crippen molar-refractivity contribution in [1.29, 1.82) is 0 Å². The van der Waals surface area contributed by atoms with Crippen LogP contribution < -0.4 is 4.74 Å². The molecule has 32 heavy (non-hydrogen) atoms. The fourth-order valence-corrected chi connectivity index (χ4v) is 4.02. The van der Waals surface area contributed by atoms with Crippen LogP contribution in [0, 0.1) is 0 Å². The number of aryl methyl sites for hydroxylation is 1. The lowest BCUT2D eigenvalue weighted by Gasteiger charge is -2.25. The lowest BCUT2D eigenvalue weighted by Crippen LogP contribution is -2.36. The third-order valence-corrected chi connectivity index (χ3v) is 5.87. The molecule has 7 heteroatoms. The summed E-state index contributed by atoms with van der Waals surface area (Å²) in [4.78, 5) is 2.31. The molecule has 1 aliphatic carbocycles. The molecule has 6 nitrogen and oxygen atoms in total. The van der Waals surface area contributed by atoms with E-state index < -0.39 is 6.10 Å². The molecule has 0 aliphatic heterocycles. The van der Waals surface area contributed by atoms with Crippen molar-refractivity contribution >= 4 is 11.6 Å². The van der Waals surface area contributed by atoms with Crippen LogP contribution in [0.2, 0.25) is 5.02 Å². The number of aromatic nitrogens is 2. The average molecular weight is 456 g/mol. The topological polar surface area (TPSA) is 59.8 Å². The van der Waals surface area contributed by atoms with E-state index in [9.17, 15) is 5.11 Å². The minimum atomic E-state index is -0.541. The van der Waals surface area contributed by atoms with Crippen LogP contribution in [0.25, 0.3) is 11.3 Å². The summed E-state index contributed by atoms with van der Waals surface area (Å²) in [5.41, 5.74) is 2.88. The first-order valence-electron chi connectivity index (χ1n) is 11.1. The van der Waals surface area contributed by atoms with Gasteiger partial charge in [-0.1, -0.05) is 54.1 Å². The number of aliphatic hydroxyl groups excluding tert-OH is 1. The molecule has 1 saturated carbocycles. The summed E-state index contributed by atoms with van der Waals surface area (Å²) in [6.07, 6.45) is 1.71. The first kappa shape index (κ1) is 22.8. The number of hydrogen-bond acceptors (Lipinski definition) is 5. The molecule has 0 bridgehead atoms. The second-order valence-corrected chi connectivity index (χ2v) is 8.54. The molecule has 4 rings (SSSR count). The quantitative estimate of drug-likeness (QED) is 0.446. The minimum absolute atomic E-state index is 0.335. The summed E-state index contributed by atoms with van der Waals surface area (Å²) in [7, 11) is 1.88. The lowest BCUT2D eigenvalue weighted by atomic mass is 10.1. The van der Waals surface area contributed by atoms with Gasteiger partial charge in [0.25, 0.3) is 0 Å². The number of hydrogen-bond donors (Lipinski definition) is 1. The van der Waals surface area contributed by atoms with Crippen LogP contribution in [0.5, 0.6) is 11.6 Å². The predicted molar refractivity (Wildman–Crippen MR) is 126 cm³/mol. The molecular weight excluding hydrogens is 426 g/mol. The van der Waals surface area contributed by atoms with Gasteiger partial charge in [0, 0.05) is 38.3 Å². The third-order valence-electron chi connectivity index (χ3n) is 5.56. The van der Waals surface area contributed by atoms with E-state index >= 15 is 0 Å². The fourth-order valence-electron chi connectivity index (χ4n) is 3.84. The van der Waals surface area contributed by atoms with E-state index in [2.05, 4.69) is 17.0 Å². The highest BCUT2D eigenvalue weighted by molar-refractivity contribution is 6.32. The van der Waals surface area contributed by atoms with Gasteiger partial charge in [-0.15, -0.1) is 0 Å². The Morgan fingerprint density at radius 3 is 2.56 bits per heavy atom. The van der Waals surface area contributed by atoms with Gasteiger partial charge >= 0.3 is 0 Å². The molecular formula is C25H30ClN3O3. The molecule has 1 aliphatic rings. The maximum absolute atomic E-state index is 10.5. The zero-order valence-corrected chi connectivity index (χ0v) is 19.3. The minimum Gasteiger partial charge on any atom is -0.437 e. The Balaban J connectivity index is 1.68. The van der Waals surface area contributed by atoms with Gasteiger partial charge in [-0.05, 0) is 31.9 Å². The van der Waals surface area contributed by atoms with Crippen molar-refractivity contribution in [3.63, 3.8) is 0 Å². The monoisotopic (exact) mass is 455 g/mol. The van der Waals surface area contributed by atoms with E-state index in [1.807, 2.05) is 56.4 Å². The normalized spacial score (nSPS) is 14.7. The molecule has 0 unspecified atom stereocenters. The van der Waals surface area contributed by atoms with Crippen LogP contribution in [0.4, 0.5) is 0 Å². The Bertz CT molecular complexity index is 1020. The predicted octanol–water partition coefficient (Wildman–Crippen LogP) is 4.89. The Labute approximate surface area is 194 Å². The Morgan fingerprint density at radius 1 is 1.16 bits per heavy atom. The van der Waals surface area contributed by atoms with Gasteiger partial charge in [-0.25, -0.2) is 4.68 Å². The Kier molecular flexibility index (Phi) is 7.48. The second-order valence-electron chi connectivity index (χ2n) is 8.13. The van der Waals surface area contributed by atoms with Crippen molar-refractivity contribution < 1.29 is 14.6 Å². The summed E-state index contributed by atoms with van der Waals surface area (Å²) in [6, 6.07) is 18.0. The Hall–Kier alpha value is -2.38. The molecule has 3 aromatic rings. The lowest BCUT2D eigenvalue weighted by molar-refractivity contribution is 0.0178. The molecule has 1 N–H and O–H groups in total. The van der Waals surface area contributed by atoms with Crippen LogP contribution in [0.3, 0.4) is 0 Å². The highest BCUT2D eigenvalue weighted by atomic mass is 35.5. The second kappa shape index (κ2) is 10.5. The summed E-state index contributed by atoms with van der Waals surface area (Å²) in [5, 5.41) is 15.9. The van der Waals surface area contributed by atoms with E-state index in [1.165, 1.54) is 0 Å². The van der Waals surface area contributed by atoms with Crippen LogP contribution in [-0.2, 0) is 18.3 Å². The maximum Gasteiger partial charge on any atom is 0.222 e. The molecule has 2 aromatic carbocycles. The first-order chi connectivity index (χ1) is 15.6. The number of halogens is 1. The first-order valence-corrected chi connectivity index (χ1v) is 11.5. The molecule has 1 atom stereocenters.